The highest BCUT2D eigenvalue weighted by Gasteiger charge is 2.31. The molecule has 0 aliphatic rings. The number of rotatable bonds is 19. The number of amides is 5. The summed E-state index contributed by atoms with van der Waals surface area (Å²) >= 11 is 0. The van der Waals surface area contributed by atoms with Gasteiger partial charge in [-0.2, -0.15) is 0 Å². The Hall–Kier alpha value is -4.93. The fourth-order valence-corrected chi connectivity index (χ4v) is 4.03. The second-order valence-electron chi connectivity index (χ2n) is 10.4. The van der Waals surface area contributed by atoms with Gasteiger partial charge in [-0.05, 0) is 36.5 Å². The summed E-state index contributed by atoms with van der Waals surface area (Å²) in [7, 11) is 0. The molecule has 0 aliphatic heterocycles. The van der Waals surface area contributed by atoms with Crippen molar-refractivity contribution in [1.29, 1.82) is 0 Å². The van der Waals surface area contributed by atoms with Crippen LogP contribution in [0, 0.1) is 5.92 Å². The molecule has 45 heavy (non-hydrogen) atoms. The molecule has 5 amide bonds. The highest BCUT2D eigenvalue weighted by Crippen LogP contribution is 2.13. The molecule has 0 radical (unpaired) electrons. The predicted molar refractivity (Wildman–Crippen MR) is 162 cm³/mol. The fourth-order valence-electron chi connectivity index (χ4n) is 4.03. The van der Waals surface area contributed by atoms with Crippen molar-refractivity contribution in [2.24, 2.45) is 22.4 Å². The van der Waals surface area contributed by atoms with Crippen LogP contribution in [0.2, 0.25) is 0 Å². The first-order valence-corrected chi connectivity index (χ1v) is 14.3. The normalized spacial score (nSPS) is 14.0. The van der Waals surface area contributed by atoms with Crippen molar-refractivity contribution in [1.82, 2.24) is 26.6 Å². The molecule has 17 heteroatoms. The number of aliphatic imine (C=N–C) groups is 1. The number of carboxylic acids is 1. The van der Waals surface area contributed by atoms with E-state index in [1.165, 1.54) is 19.1 Å². The average Bonchev–Trinajstić information content (AvgIpc) is 2.98. The molecule has 0 saturated heterocycles. The van der Waals surface area contributed by atoms with Gasteiger partial charge in [-0.3, -0.25) is 29.0 Å². The third-order valence-corrected chi connectivity index (χ3v) is 6.68. The van der Waals surface area contributed by atoms with E-state index in [1.807, 2.05) is 0 Å². The first-order chi connectivity index (χ1) is 21.2. The Morgan fingerprint density at radius 1 is 0.889 bits per heavy atom. The van der Waals surface area contributed by atoms with Crippen molar-refractivity contribution in [3.05, 3.63) is 29.8 Å². The van der Waals surface area contributed by atoms with Crippen molar-refractivity contribution >= 4 is 41.5 Å². The number of phenols is 1. The second kappa shape index (κ2) is 19.4. The Morgan fingerprint density at radius 3 is 2.04 bits per heavy atom. The average molecular weight is 637 g/mol. The van der Waals surface area contributed by atoms with E-state index < -0.39 is 72.8 Å². The molecule has 0 saturated carbocycles. The van der Waals surface area contributed by atoms with Gasteiger partial charge in [0.2, 0.25) is 29.5 Å². The molecular weight excluding hydrogens is 592 g/mol. The molecule has 1 aromatic carbocycles. The van der Waals surface area contributed by atoms with E-state index in [9.17, 15) is 44.1 Å². The number of nitrogens with zero attached hydrogens (tertiary/aromatic N) is 1. The lowest BCUT2D eigenvalue weighted by Gasteiger charge is -2.26. The number of benzene rings is 1. The van der Waals surface area contributed by atoms with E-state index in [4.69, 9.17) is 11.5 Å². The number of guanidine groups is 1. The number of carboxylic acid groups (broad SMARTS) is 1. The van der Waals surface area contributed by atoms with Crippen LogP contribution < -0.4 is 38.1 Å². The lowest BCUT2D eigenvalue weighted by Crippen LogP contribution is -2.58. The molecule has 0 spiro atoms. The van der Waals surface area contributed by atoms with E-state index in [2.05, 4.69) is 31.6 Å². The number of carbonyl (C=O) groups is 6. The number of aromatic hydroxyl groups is 1. The first kappa shape index (κ1) is 38.1. The summed E-state index contributed by atoms with van der Waals surface area (Å²) in [5, 5.41) is 40.6. The van der Waals surface area contributed by atoms with Crippen LogP contribution in [0.15, 0.2) is 29.3 Å². The maximum absolute atomic E-state index is 13.2. The van der Waals surface area contributed by atoms with Gasteiger partial charge in [-0.15, -0.1) is 0 Å². The molecule has 12 N–H and O–H groups in total. The Morgan fingerprint density at radius 2 is 1.51 bits per heavy atom. The van der Waals surface area contributed by atoms with E-state index in [1.54, 1.807) is 26.0 Å². The number of hydrogen-bond acceptors (Lipinski definition) is 9. The molecular formula is C28H44N8O9. The van der Waals surface area contributed by atoms with E-state index in [-0.39, 0.29) is 43.4 Å². The summed E-state index contributed by atoms with van der Waals surface area (Å²) in [5.74, 6) is -5.53. The molecule has 0 unspecified atom stereocenters. The molecule has 250 valence electrons. The number of nitrogens with one attached hydrogen (secondary N) is 5. The zero-order valence-electron chi connectivity index (χ0n) is 25.5. The van der Waals surface area contributed by atoms with Gasteiger partial charge in [0.1, 0.15) is 29.9 Å². The number of hydrogen-bond donors (Lipinski definition) is 10. The Kier molecular flexibility index (Phi) is 16.4. The van der Waals surface area contributed by atoms with Gasteiger partial charge in [0.05, 0.1) is 13.2 Å². The van der Waals surface area contributed by atoms with Crippen molar-refractivity contribution < 1.29 is 44.1 Å². The van der Waals surface area contributed by atoms with Crippen LogP contribution >= 0.6 is 0 Å². The summed E-state index contributed by atoms with van der Waals surface area (Å²) in [6.07, 6.45) is 0.747. The zero-order valence-corrected chi connectivity index (χ0v) is 25.5. The van der Waals surface area contributed by atoms with Gasteiger partial charge < -0.3 is 53.4 Å². The highest BCUT2D eigenvalue weighted by atomic mass is 16.4. The standard InChI is InChI=1S/C28H44N8O9/c1-4-15(2)23(36-24(41)20(33-16(3)38)12-17-7-9-18(39)10-8-17)26(43)32-13-22(40)34-21(14-37)25(42)35-19(27(44)45)6-5-11-31-28(29)30/h7-10,15,19-21,23,37,39H,4-6,11-14H2,1-3H3,(H,32,43)(H,33,38)(H,34,40)(H,35,42)(H,36,41)(H,44,45)(H4,29,30,31)/t15-,19-,20-,21-,23-/m0/s1. The van der Waals surface area contributed by atoms with Crippen LogP contribution in [0.4, 0.5) is 0 Å². The van der Waals surface area contributed by atoms with Crippen LogP contribution in [0.1, 0.15) is 45.6 Å². The minimum absolute atomic E-state index is 0.0273. The highest BCUT2D eigenvalue weighted by molar-refractivity contribution is 5.95. The summed E-state index contributed by atoms with van der Waals surface area (Å²) < 4.78 is 0. The summed E-state index contributed by atoms with van der Waals surface area (Å²) in [6.45, 7) is 3.39. The zero-order chi connectivity index (χ0) is 34.1. The lowest BCUT2D eigenvalue weighted by atomic mass is 9.97. The molecule has 0 heterocycles. The number of nitrogens with two attached hydrogens (primary N) is 2. The smallest absolute Gasteiger partial charge is 0.326 e. The largest absolute Gasteiger partial charge is 0.508 e. The SMILES string of the molecule is CC[C@H](C)[C@H](NC(=O)[C@H](Cc1ccc(O)cc1)NC(C)=O)C(=O)NCC(=O)N[C@@H](CO)C(=O)N[C@@H](CCCN=C(N)N)C(=O)O. The molecule has 17 nitrogen and oxygen atoms in total. The minimum Gasteiger partial charge on any atom is -0.508 e. The minimum atomic E-state index is -1.52. The lowest BCUT2D eigenvalue weighted by molar-refractivity contribution is -0.142. The summed E-state index contributed by atoms with van der Waals surface area (Å²) in [4.78, 5) is 78.4. The van der Waals surface area contributed by atoms with E-state index in [0.29, 0.717) is 12.0 Å². The Bertz CT molecular complexity index is 1200. The molecule has 0 fully saturated rings. The van der Waals surface area contributed by atoms with Gasteiger partial charge in [0, 0.05) is 19.9 Å². The van der Waals surface area contributed by atoms with Crippen molar-refractivity contribution in [2.75, 3.05) is 19.7 Å². The molecule has 1 aromatic rings. The topological polar surface area (TPSA) is 288 Å². The maximum atomic E-state index is 13.2. The predicted octanol–water partition coefficient (Wildman–Crippen LogP) is -2.81. The number of aliphatic carboxylic acids is 1. The van der Waals surface area contributed by atoms with Crippen molar-refractivity contribution in [3.8, 4) is 5.75 Å². The van der Waals surface area contributed by atoms with Gasteiger partial charge in [0.15, 0.2) is 5.96 Å². The van der Waals surface area contributed by atoms with Crippen LogP contribution in [-0.4, -0.2) is 101 Å². The van der Waals surface area contributed by atoms with E-state index in [0.717, 1.165) is 0 Å². The van der Waals surface area contributed by atoms with Crippen LogP contribution in [0.25, 0.3) is 0 Å². The fraction of sp³-hybridized carbons (Fsp3) is 0.536. The molecule has 0 aromatic heterocycles. The van der Waals surface area contributed by atoms with Crippen molar-refractivity contribution in [3.63, 3.8) is 0 Å². The van der Waals surface area contributed by atoms with Gasteiger partial charge in [0.25, 0.3) is 0 Å². The number of aliphatic hydroxyl groups excluding tert-OH is 1. The Labute approximate surface area is 260 Å². The number of carbonyl (C=O) groups excluding carboxylic acids is 5. The van der Waals surface area contributed by atoms with Crippen LogP contribution in [0.3, 0.4) is 0 Å². The molecule has 1 rings (SSSR count). The first-order valence-electron chi connectivity index (χ1n) is 14.3. The summed E-state index contributed by atoms with van der Waals surface area (Å²) in [6, 6.07) is 1.05. The third-order valence-electron chi connectivity index (χ3n) is 6.68. The monoisotopic (exact) mass is 636 g/mol. The summed E-state index contributed by atoms with van der Waals surface area (Å²) in [5.41, 5.74) is 11.1. The third kappa shape index (κ3) is 14.4. The number of aliphatic hydroxyl groups is 1. The van der Waals surface area contributed by atoms with Gasteiger partial charge >= 0.3 is 5.97 Å². The Balaban J connectivity index is 2.83. The van der Waals surface area contributed by atoms with Crippen LogP contribution in [-0.2, 0) is 35.2 Å². The molecule has 5 atom stereocenters. The second-order valence-corrected chi connectivity index (χ2v) is 10.4. The van der Waals surface area contributed by atoms with Gasteiger partial charge in [-0.25, -0.2) is 4.79 Å². The quantitative estimate of drug-likeness (QED) is 0.0420. The number of phenolic OH excluding ortho intramolecular Hbond substituents is 1. The van der Waals surface area contributed by atoms with Crippen LogP contribution in [0.5, 0.6) is 5.75 Å². The van der Waals surface area contributed by atoms with E-state index >= 15 is 0 Å². The molecule has 0 bridgehead atoms. The maximum Gasteiger partial charge on any atom is 0.326 e. The van der Waals surface area contributed by atoms with Crippen molar-refractivity contribution in [2.45, 2.75) is 70.6 Å². The molecule has 0 aliphatic carbocycles. The van der Waals surface area contributed by atoms with Gasteiger partial charge in [-0.1, -0.05) is 32.4 Å².